The lowest BCUT2D eigenvalue weighted by atomic mass is 9.98. The van der Waals surface area contributed by atoms with Crippen molar-refractivity contribution in [2.45, 2.75) is 38.6 Å². The van der Waals surface area contributed by atoms with E-state index in [1.54, 1.807) is 18.5 Å². The summed E-state index contributed by atoms with van der Waals surface area (Å²) in [6.07, 6.45) is 5.95. The molecule has 0 spiro atoms. The molecule has 0 atom stereocenters. The molecule has 1 fully saturated rings. The lowest BCUT2D eigenvalue weighted by Crippen LogP contribution is -2.45. The van der Waals surface area contributed by atoms with Gasteiger partial charge in [-0.15, -0.1) is 0 Å². The molecule has 0 saturated heterocycles. The zero-order valence-electron chi connectivity index (χ0n) is 11.9. The molecule has 106 valence electrons. The lowest BCUT2D eigenvalue weighted by molar-refractivity contribution is 0.0903. The highest BCUT2D eigenvalue weighted by Crippen LogP contribution is 2.39. The van der Waals surface area contributed by atoms with Gasteiger partial charge >= 0.3 is 0 Å². The fraction of sp³-hybridized carbons (Fsp3) is 0.500. The summed E-state index contributed by atoms with van der Waals surface area (Å²) in [5.41, 5.74) is 1.04. The van der Waals surface area contributed by atoms with Crippen molar-refractivity contribution in [1.82, 2.24) is 10.3 Å². The minimum absolute atomic E-state index is 0.0379. The number of nitrogens with one attached hydrogen (secondary N) is 1. The van der Waals surface area contributed by atoms with Crippen molar-refractivity contribution in [1.29, 1.82) is 0 Å². The number of hydrogen-bond acceptors (Lipinski definition) is 3. The number of pyridine rings is 1. The van der Waals surface area contributed by atoms with E-state index in [4.69, 9.17) is 5.11 Å². The Morgan fingerprint density at radius 1 is 1.50 bits per heavy atom. The Kier molecular flexibility index (Phi) is 4.41. The van der Waals surface area contributed by atoms with Crippen LogP contribution >= 0.6 is 0 Å². The Morgan fingerprint density at radius 3 is 2.90 bits per heavy atom. The van der Waals surface area contributed by atoms with Gasteiger partial charge in [-0.2, -0.15) is 0 Å². The molecular weight excluding hydrogens is 252 g/mol. The molecule has 4 nitrogen and oxygen atoms in total. The summed E-state index contributed by atoms with van der Waals surface area (Å²) in [4.78, 5) is 16.3. The van der Waals surface area contributed by atoms with Gasteiger partial charge in [0.15, 0.2) is 0 Å². The van der Waals surface area contributed by atoms with Gasteiger partial charge in [0.2, 0.25) is 0 Å². The first-order chi connectivity index (χ1) is 9.53. The Labute approximate surface area is 119 Å². The molecule has 1 heterocycles. The average Bonchev–Trinajstić information content (AvgIpc) is 3.23. The maximum atomic E-state index is 12.2. The zero-order valence-corrected chi connectivity index (χ0v) is 11.9. The van der Waals surface area contributed by atoms with Crippen LogP contribution in [-0.4, -0.2) is 28.1 Å². The van der Waals surface area contributed by atoms with Gasteiger partial charge in [-0.1, -0.05) is 11.8 Å². The van der Waals surface area contributed by atoms with Crippen molar-refractivity contribution in [2.75, 3.05) is 6.61 Å². The van der Waals surface area contributed by atoms with Gasteiger partial charge in [0.05, 0.1) is 12.2 Å². The highest BCUT2D eigenvalue weighted by atomic mass is 16.2. The van der Waals surface area contributed by atoms with Gasteiger partial charge in [0.1, 0.15) is 0 Å². The lowest BCUT2D eigenvalue weighted by Gasteiger charge is -2.26. The van der Waals surface area contributed by atoms with E-state index in [9.17, 15) is 4.79 Å². The molecule has 2 rings (SSSR count). The van der Waals surface area contributed by atoms with Crippen molar-refractivity contribution in [3.05, 3.63) is 29.6 Å². The van der Waals surface area contributed by atoms with E-state index in [-0.39, 0.29) is 18.1 Å². The Morgan fingerprint density at radius 2 is 2.25 bits per heavy atom. The molecular formula is C16H20N2O2. The number of nitrogens with zero attached hydrogens (tertiary/aromatic N) is 1. The van der Waals surface area contributed by atoms with Crippen LogP contribution in [0.2, 0.25) is 0 Å². The predicted octanol–water partition coefficient (Wildman–Crippen LogP) is 1.73. The average molecular weight is 272 g/mol. The second kappa shape index (κ2) is 6.06. The van der Waals surface area contributed by atoms with Crippen molar-refractivity contribution in [3.8, 4) is 11.8 Å². The molecule has 2 N–H and O–H groups in total. The molecule has 20 heavy (non-hydrogen) atoms. The Balaban J connectivity index is 2.06. The number of rotatable bonds is 4. The molecule has 0 radical (unpaired) electrons. The van der Waals surface area contributed by atoms with Crippen LogP contribution in [0.5, 0.6) is 0 Å². The van der Waals surface area contributed by atoms with Gasteiger partial charge in [-0.3, -0.25) is 9.78 Å². The SMILES string of the molecule is CC(C)(NC(=O)c1cncc(C#CCCO)c1)C1CC1. The molecule has 1 aliphatic carbocycles. The summed E-state index contributed by atoms with van der Waals surface area (Å²) in [6.45, 7) is 4.15. The van der Waals surface area contributed by atoms with E-state index in [0.717, 1.165) is 0 Å². The normalized spacial score (nSPS) is 14.3. The Bertz CT molecular complexity index is 551. The minimum Gasteiger partial charge on any atom is -0.395 e. The van der Waals surface area contributed by atoms with Crippen molar-refractivity contribution in [2.24, 2.45) is 5.92 Å². The van der Waals surface area contributed by atoms with E-state index in [2.05, 4.69) is 36.0 Å². The van der Waals surface area contributed by atoms with Crippen LogP contribution in [0.15, 0.2) is 18.5 Å². The number of hydrogen-bond donors (Lipinski definition) is 2. The van der Waals surface area contributed by atoms with E-state index in [1.165, 1.54) is 12.8 Å². The van der Waals surface area contributed by atoms with Crippen molar-refractivity contribution in [3.63, 3.8) is 0 Å². The molecule has 1 aromatic heterocycles. The first-order valence-corrected chi connectivity index (χ1v) is 6.90. The molecule has 1 saturated carbocycles. The maximum Gasteiger partial charge on any atom is 0.253 e. The molecule has 0 aromatic carbocycles. The third-order valence-electron chi connectivity index (χ3n) is 3.50. The van der Waals surface area contributed by atoms with Crippen LogP contribution in [0.25, 0.3) is 0 Å². The Hall–Kier alpha value is -1.86. The maximum absolute atomic E-state index is 12.2. The highest BCUT2D eigenvalue weighted by Gasteiger charge is 2.38. The third-order valence-corrected chi connectivity index (χ3v) is 3.50. The van der Waals surface area contributed by atoms with Gasteiger partial charge in [0, 0.05) is 29.9 Å². The highest BCUT2D eigenvalue weighted by molar-refractivity contribution is 5.94. The fourth-order valence-electron chi connectivity index (χ4n) is 2.12. The van der Waals surface area contributed by atoms with Gasteiger partial charge in [-0.25, -0.2) is 0 Å². The van der Waals surface area contributed by atoms with E-state index in [1.807, 2.05) is 0 Å². The fourth-order valence-corrected chi connectivity index (χ4v) is 2.12. The summed E-state index contributed by atoms with van der Waals surface area (Å²) in [6, 6.07) is 1.73. The van der Waals surface area contributed by atoms with Crippen LogP contribution in [0.3, 0.4) is 0 Å². The number of aliphatic hydroxyl groups excluding tert-OH is 1. The van der Waals surface area contributed by atoms with Crippen molar-refractivity contribution >= 4 is 5.91 Å². The third kappa shape index (κ3) is 3.82. The second-order valence-corrected chi connectivity index (χ2v) is 5.69. The van der Waals surface area contributed by atoms with Crippen molar-refractivity contribution < 1.29 is 9.90 Å². The van der Waals surface area contributed by atoms with Crippen LogP contribution in [0.1, 0.15) is 49.0 Å². The van der Waals surface area contributed by atoms with E-state index >= 15 is 0 Å². The summed E-state index contributed by atoms with van der Waals surface area (Å²) in [5, 5.41) is 11.8. The second-order valence-electron chi connectivity index (χ2n) is 5.69. The van der Waals surface area contributed by atoms with Gasteiger partial charge in [0.25, 0.3) is 5.91 Å². The largest absolute Gasteiger partial charge is 0.395 e. The zero-order chi connectivity index (χ0) is 14.6. The van der Waals surface area contributed by atoms with E-state index < -0.39 is 0 Å². The number of carbonyl (C=O) groups excluding carboxylic acids is 1. The summed E-state index contributed by atoms with van der Waals surface area (Å²) >= 11 is 0. The van der Waals surface area contributed by atoms with Crippen LogP contribution in [0.4, 0.5) is 0 Å². The first kappa shape index (κ1) is 14.5. The smallest absolute Gasteiger partial charge is 0.253 e. The quantitative estimate of drug-likeness (QED) is 0.821. The van der Waals surface area contributed by atoms with Gasteiger partial charge < -0.3 is 10.4 Å². The summed E-state index contributed by atoms with van der Waals surface area (Å²) in [7, 11) is 0. The van der Waals surface area contributed by atoms with Crippen LogP contribution in [-0.2, 0) is 0 Å². The van der Waals surface area contributed by atoms with Crippen LogP contribution in [0, 0.1) is 17.8 Å². The standard InChI is InChI=1S/C16H20N2O2/c1-16(2,14-6-7-14)18-15(20)13-9-12(10-17-11-13)5-3-4-8-19/h9-11,14,19H,4,6-8H2,1-2H3,(H,18,20). The molecule has 1 aliphatic rings. The summed E-state index contributed by atoms with van der Waals surface area (Å²) in [5.74, 6) is 6.17. The number of aromatic nitrogens is 1. The number of carbonyl (C=O) groups is 1. The first-order valence-electron chi connectivity index (χ1n) is 6.90. The molecule has 0 aliphatic heterocycles. The monoisotopic (exact) mass is 272 g/mol. The number of aliphatic hydroxyl groups is 1. The van der Waals surface area contributed by atoms with Crippen LogP contribution < -0.4 is 5.32 Å². The number of amides is 1. The molecule has 0 bridgehead atoms. The summed E-state index contributed by atoms with van der Waals surface area (Å²) < 4.78 is 0. The molecule has 1 amide bonds. The minimum atomic E-state index is -0.171. The van der Waals surface area contributed by atoms with Gasteiger partial charge in [-0.05, 0) is 38.7 Å². The predicted molar refractivity (Wildman–Crippen MR) is 77.1 cm³/mol. The molecule has 1 aromatic rings. The topological polar surface area (TPSA) is 62.2 Å². The van der Waals surface area contributed by atoms with E-state index in [0.29, 0.717) is 23.5 Å². The molecule has 0 unspecified atom stereocenters. The molecule has 4 heteroatoms.